The number of nitrogens with one attached hydrogen (secondary N) is 1. The van der Waals surface area contributed by atoms with Crippen molar-refractivity contribution < 1.29 is 23.9 Å². The van der Waals surface area contributed by atoms with Crippen LogP contribution in [0.25, 0.3) is 0 Å². The Balaban J connectivity index is 2.77. The first-order valence-corrected chi connectivity index (χ1v) is 10.1. The van der Waals surface area contributed by atoms with E-state index < -0.39 is 29.2 Å². The highest BCUT2D eigenvalue weighted by molar-refractivity contribution is 8.13. The third kappa shape index (κ3) is 10.3. The summed E-state index contributed by atoms with van der Waals surface area (Å²) >= 11 is 0.992. The summed E-state index contributed by atoms with van der Waals surface area (Å²) in [5, 5.41) is 2.28. The van der Waals surface area contributed by atoms with Crippen molar-refractivity contribution in [3.05, 3.63) is 29.8 Å². The van der Waals surface area contributed by atoms with Gasteiger partial charge in [-0.25, -0.2) is 4.79 Å². The predicted octanol–water partition coefficient (Wildman–Crippen LogP) is 4.63. The van der Waals surface area contributed by atoms with E-state index >= 15 is 0 Å². The normalized spacial score (nSPS) is 12.8. The summed E-state index contributed by atoms with van der Waals surface area (Å²) < 4.78 is 10.7. The molecule has 0 spiro atoms. The summed E-state index contributed by atoms with van der Waals surface area (Å²) in [7, 11) is 0. The molecular formula is C21H31NO5S. The molecule has 1 aromatic rings. The molecule has 0 saturated carbocycles. The number of rotatable bonds is 6. The first-order valence-electron chi connectivity index (χ1n) is 9.25. The van der Waals surface area contributed by atoms with Crippen molar-refractivity contribution in [1.82, 2.24) is 5.32 Å². The molecule has 0 bridgehead atoms. The van der Waals surface area contributed by atoms with Gasteiger partial charge in [0.1, 0.15) is 17.2 Å². The van der Waals surface area contributed by atoms with Crippen molar-refractivity contribution in [2.45, 2.75) is 83.4 Å². The van der Waals surface area contributed by atoms with Crippen molar-refractivity contribution in [2.75, 3.05) is 0 Å². The fourth-order valence-corrected chi connectivity index (χ4v) is 3.04. The second-order valence-corrected chi connectivity index (χ2v) is 9.61. The lowest BCUT2D eigenvalue weighted by Crippen LogP contribution is -2.43. The van der Waals surface area contributed by atoms with Crippen LogP contribution in [-0.4, -0.2) is 34.4 Å². The van der Waals surface area contributed by atoms with Gasteiger partial charge in [-0.1, -0.05) is 17.7 Å². The monoisotopic (exact) mass is 409 g/mol. The maximum atomic E-state index is 12.5. The zero-order valence-electron chi connectivity index (χ0n) is 17.8. The van der Waals surface area contributed by atoms with Crippen molar-refractivity contribution in [2.24, 2.45) is 0 Å². The van der Waals surface area contributed by atoms with Gasteiger partial charge < -0.3 is 14.8 Å². The number of carbonyl (C=O) groups is 3. The SMILES string of the molecule is Cc1cccc(SC(=O)N[C@@H](CCC(=O)OC(C)(C)C)C(=O)OC(C)(C)C)c1. The average molecular weight is 410 g/mol. The predicted molar refractivity (Wildman–Crippen MR) is 110 cm³/mol. The first-order chi connectivity index (χ1) is 12.7. The fraction of sp³-hybridized carbons (Fsp3) is 0.571. The van der Waals surface area contributed by atoms with Crippen LogP contribution in [0, 0.1) is 6.92 Å². The van der Waals surface area contributed by atoms with Crippen LogP contribution in [0.2, 0.25) is 0 Å². The van der Waals surface area contributed by atoms with Crippen LogP contribution in [-0.2, 0) is 19.1 Å². The molecule has 1 N–H and O–H groups in total. The molecule has 0 aromatic heterocycles. The van der Waals surface area contributed by atoms with Gasteiger partial charge in [-0.15, -0.1) is 0 Å². The molecule has 28 heavy (non-hydrogen) atoms. The molecule has 1 atom stereocenters. The average Bonchev–Trinajstić information content (AvgIpc) is 2.47. The number of carbonyl (C=O) groups excluding carboxylic acids is 3. The van der Waals surface area contributed by atoms with Crippen LogP contribution >= 0.6 is 11.8 Å². The van der Waals surface area contributed by atoms with E-state index in [9.17, 15) is 14.4 Å². The minimum atomic E-state index is -0.934. The maximum Gasteiger partial charge on any atom is 0.329 e. The molecule has 0 radical (unpaired) electrons. The van der Waals surface area contributed by atoms with Crippen LogP contribution in [0.3, 0.4) is 0 Å². The standard InChI is InChI=1S/C21H31NO5S/c1-14-9-8-10-15(13-14)28-19(25)22-16(18(24)27-21(5,6)7)11-12-17(23)26-20(2,3)4/h8-10,13,16H,11-12H2,1-7H3,(H,22,25)/t16-/m0/s1. The number of ether oxygens (including phenoxy) is 2. The summed E-state index contributed by atoms with van der Waals surface area (Å²) in [5.41, 5.74) is -0.273. The number of hydrogen-bond acceptors (Lipinski definition) is 6. The van der Waals surface area contributed by atoms with Crippen molar-refractivity contribution >= 4 is 28.9 Å². The van der Waals surface area contributed by atoms with Crippen LogP contribution in [0.5, 0.6) is 0 Å². The number of thioether (sulfide) groups is 1. The number of hydrogen-bond donors (Lipinski definition) is 1. The molecule has 156 valence electrons. The largest absolute Gasteiger partial charge is 0.460 e. The van der Waals surface area contributed by atoms with Gasteiger partial charge in [0.05, 0.1) is 0 Å². The second kappa shape index (κ2) is 9.96. The highest BCUT2D eigenvalue weighted by atomic mass is 32.2. The van der Waals surface area contributed by atoms with E-state index in [1.807, 2.05) is 31.2 Å². The molecule has 1 amide bonds. The topological polar surface area (TPSA) is 81.7 Å². The minimum Gasteiger partial charge on any atom is -0.460 e. The fourth-order valence-electron chi connectivity index (χ4n) is 2.23. The molecule has 7 heteroatoms. The summed E-state index contributed by atoms with van der Waals surface area (Å²) in [6.45, 7) is 12.5. The van der Waals surface area contributed by atoms with E-state index in [1.165, 1.54) is 0 Å². The first kappa shape index (κ1) is 24.0. The van der Waals surface area contributed by atoms with Gasteiger partial charge in [0.15, 0.2) is 0 Å². The lowest BCUT2D eigenvalue weighted by atomic mass is 10.1. The van der Waals surface area contributed by atoms with E-state index in [0.29, 0.717) is 0 Å². The second-order valence-electron chi connectivity index (χ2n) is 8.56. The Morgan fingerprint density at radius 3 is 2.18 bits per heavy atom. The van der Waals surface area contributed by atoms with Gasteiger partial charge in [0.25, 0.3) is 5.24 Å². The Labute approximate surface area is 171 Å². The Bertz CT molecular complexity index is 703. The quantitative estimate of drug-likeness (QED) is 0.545. The summed E-state index contributed by atoms with van der Waals surface area (Å²) in [4.78, 5) is 37.7. The zero-order chi connectivity index (χ0) is 21.5. The molecule has 0 aliphatic rings. The van der Waals surface area contributed by atoms with Gasteiger partial charge in [-0.2, -0.15) is 0 Å². The van der Waals surface area contributed by atoms with Crippen LogP contribution in [0.1, 0.15) is 59.9 Å². The van der Waals surface area contributed by atoms with Crippen molar-refractivity contribution in [3.8, 4) is 0 Å². The van der Waals surface area contributed by atoms with Gasteiger partial charge in [-0.3, -0.25) is 9.59 Å². The lowest BCUT2D eigenvalue weighted by molar-refractivity contribution is -0.158. The van der Waals surface area contributed by atoms with Gasteiger partial charge >= 0.3 is 11.9 Å². The van der Waals surface area contributed by atoms with E-state index in [0.717, 1.165) is 22.2 Å². The van der Waals surface area contributed by atoms with Crippen LogP contribution < -0.4 is 5.32 Å². The lowest BCUT2D eigenvalue weighted by Gasteiger charge is -2.25. The molecule has 0 fully saturated rings. The molecule has 0 saturated heterocycles. The number of aryl methyl sites for hydroxylation is 1. The van der Waals surface area contributed by atoms with Crippen LogP contribution in [0.4, 0.5) is 4.79 Å². The summed E-state index contributed by atoms with van der Waals surface area (Å²) in [6, 6.07) is 6.57. The van der Waals surface area contributed by atoms with Crippen molar-refractivity contribution in [3.63, 3.8) is 0 Å². The summed E-state index contributed by atoms with van der Waals surface area (Å²) in [6.07, 6.45) is 0.0977. The van der Waals surface area contributed by atoms with Gasteiger partial charge in [0.2, 0.25) is 0 Å². The molecule has 0 heterocycles. The third-order valence-corrected chi connectivity index (χ3v) is 4.03. The molecule has 0 aliphatic carbocycles. The summed E-state index contributed by atoms with van der Waals surface area (Å²) in [5.74, 6) is -1.00. The molecule has 1 rings (SSSR count). The Kier molecular flexibility index (Phi) is 8.54. The number of esters is 2. The third-order valence-electron chi connectivity index (χ3n) is 3.24. The van der Waals surface area contributed by atoms with E-state index in [4.69, 9.17) is 9.47 Å². The van der Waals surface area contributed by atoms with Crippen molar-refractivity contribution in [1.29, 1.82) is 0 Å². The molecule has 1 aromatic carbocycles. The van der Waals surface area contributed by atoms with Gasteiger partial charge in [0, 0.05) is 11.3 Å². The number of benzene rings is 1. The Morgan fingerprint density at radius 1 is 1.04 bits per heavy atom. The van der Waals surface area contributed by atoms with Gasteiger partial charge in [-0.05, 0) is 78.8 Å². The highest BCUT2D eigenvalue weighted by Gasteiger charge is 2.28. The molecule has 6 nitrogen and oxygen atoms in total. The van der Waals surface area contributed by atoms with Crippen LogP contribution in [0.15, 0.2) is 29.2 Å². The van der Waals surface area contributed by atoms with E-state index in [-0.39, 0.29) is 18.1 Å². The van der Waals surface area contributed by atoms with E-state index in [2.05, 4.69) is 5.32 Å². The van der Waals surface area contributed by atoms with E-state index in [1.54, 1.807) is 41.5 Å². The highest BCUT2D eigenvalue weighted by Crippen LogP contribution is 2.21. The molecule has 0 aliphatic heterocycles. The molecule has 0 unspecified atom stereocenters. The Hall–Kier alpha value is -2.02. The smallest absolute Gasteiger partial charge is 0.329 e. The maximum absolute atomic E-state index is 12.5. The zero-order valence-corrected chi connectivity index (χ0v) is 18.6. The number of amides is 1. The Morgan fingerprint density at radius 2 is 1.64 bits per heavy atom. The molecular weight excluding hydrogens is 378 g/mol. The minimum absolute atomic E-state index is 0.00340.